The summed E-state index contributed by atoms with van der Waals surface area (Å²) in [6.07, 6.45) is 0. The topological polar surface area (TPSA) is 84.0 Å². The van der Waals surface area contributed by atoms with Gasteiger partial charge in [-0.2, -0.15) is 0 Å². The van der Waals surface area contributed by atoms with Gasteiger partial charge in [0.15, 0.2) is 0 Å². The molecule has 0 aliphatic rings. The maximum Gasteiger partial charge on any atom is 0.272 e. The molecule has 28 heavy (non-hydrogen) atoms. The molecule has 0 aliphatic carbocycles. The van der Waals surface area contributed by atoms with Gasteiger partial charge in [0, 0.05) is 5.02 Å². The van der Waals surface area contributed by atoms with Gasteiger partial charge in [-0.05, 0) is 42.5 Å². The van der Waals surface area contributed by atoms with Crippen LogP contribution in [-0.4, -0.2) is 18.2 Å². The van der Waals surface area contributed by atoms with Gasteiger partial charge >= 0.3 is 0 Å². The van der Waals surface area contributed by atoms with Gasteiger partial charge in [-0.25, -0.2) is 8.42 Å². The number of nitrogens with one attached hydrogen (secondary N) is 2. The second-order valence-electron chi connectivity index (χ2n) is 6.02. The lowest BCUT2D eigenvalue weighted by atomic mass is 10.2. The van der Waals surface area contributed by atoms with Crippen molar-refractivity contribution in [1.29, 1.82) is 0 Å². The van der Waals surface area contributed by atoms with Crippen LogP contribution in [0.4, 0.5) is 5.69 Å². The number of aromatic amines is 1. The van der Waals surface area contributed by atoms with Gasteiger partial charge in [0.2, 0.25) is 0 Å². The van der Waals surface area contributed by atoms with Crippen molar-refractivity contribution in [2.75, 3.05) is 4.72 Å². The molecule has 3 aromatic carbocycles. The number of benzene rings is 3. The summed E-state index contributed by atoms with van der Waals surface area (Å²) >= 11 is 12.2. The first-order chi connectivity index (χ1) is 13.3. The molecule has 0 unspecified atom stereocenters. The van der Waals surface area contributed by atoms with E-state index in [1.54, 1.807) is 10.7 Å². The largest absolute Gasteiger partial charge is 0.278 e. The van der Waals surface area contributed by atoms with Crippen molar-refractivity contribution in [3.8, 4) is 5.69 Å². The van der Waals surface area contributed by atoms with E-state index < -0.39 is 10.0 Å². The SMILES string of the molecule is O=c1[nH]n(-c2ccccc2)c2cc(Cl)c(NS(=O)(=O)c3cccc(Cl)c3)cc12. The van der Waals surface area contributed by atoms with Crippen LogP contribution in [0.1, 0.15) is 0 Å². The quantitative estimate of drug-likeness (QED) is 0.499. The Hall–Kier alpha value is -2.74. The smallest absolute Gasteiger partial charge is 0.272 e. The van der Waals surface area contributed by atoms with Crippen molar-refractivity contribution in [1.82, 2.24) is 9.78 Å². The zero-order chi connectivity index (χ0) is 19.9. The Balaban J connectivity index is 1.81. The fourth-order valence-corrected chi connectivity index (χ4v) is 4.48. The van der Waals surface area contributed by atoms with Crippen molar-refractivity contribution in [2.45, 2.75) is 4.90 Å². The number of fused-ring (bicyclic) bond motifs is 1. The van der Waals surface area contributed by atoms with Crippen LogP contribution in [-0.2, 0) is 10.0 Å². The number of para-hydroxylation sites is 1. The van der Waals surface area contributed by atoms with Crippen molar-refractivity contribution < 1.29 is 8.42 Å². The maximum atomic E-state index is 12.6. The van der Waals surface area contributed by atoms with E-state index in [9.17, 15) is 13.2 Å². The highest BCUT2D eigenvalue weighted by Gasteiger charge is 2.18. The third-order valence-electron chi connectivity index (χ3n) is 4.15. The van der Waals surface area contributed by atoms with E-state index in [0.717, 1.165) is 5.69 Å². The Bertz CT molecular complexity index is 1350. The minimum Gasteiger partial charge on any atom is -0.278 e. The highest BCUT2D eigenvalue weighted by molar-refractivity contribution is 7.92. The molecule has 142 valence electrons. The number of sulfonamides is 1. The molecular weight excluding hydrogens is 421 g/mol. The first-order valence-electron chi connectivity index (χ1n) is 8.13. The molecule has 0 spiro atoms. The Kier molecular flexibility index (Phi) is 4.66. The molecule has 4 aromatic rings. The molecule has 0 atom stereocenters. The molecule has 0 saturated carbocycles. The zero-order valence-corrected chi connectivity index (χ0v) is 16.5. The van der Waals surface area contributed by atoms with Gasteiger partial charge in [-0.3, -0.25) is 19.3 Å². The summed E-state index contributed by atoms with van der Waals surface area (Å²) in [5, 5.41) is 3.48. The Morgan fingerprint density at radius 1 is 0.929 bits per heavy atom. The van der Waals surface area contributed by atoms with Crippen LogP contribution in [0.5, 0.6) is 0 Å². The van der Waals surface area contributed by atoms with E-state index in [1.165, 1.54) is 30.3 Å². The monoisotopic (exact) mass is 433 g/mol. The van der Waals surface area contributed by atoms with Crippen LogP contribution in [0, 0.1) is 0 Å². The number of anilines is 1. The Morgan fingerprint density at radius 2 is 1.68 bits per heavy atom. The van der Waals surface area contributed by atoms with Crippen LogP contribution >= 0.6 is 23.2 Å². The lowest BCUT2D eigenvalue weighted by molar-refractivity contribution is 0.601. The average molecular weight is 434 g/mol. The first-order valence-corrected chi connectivity index (χ1v) is 10.4. The second-order valence-corrected chi connectivity index (χ2v) is 8.55. The molecule has 0 saturated heterocycles. The predicted octanol–water partition coefficient (Wildman–Crippen LogP) is 4.43. The Labute approximate surface area is 170 Å². The van der Waals surface area contributed by atoms with Gasteiger partial charge in [-0.1, -0.05) is 47.5 Å². The number of nitrogens with zero attached hydrogens (tertiary/aromatic N) is 1. The molecule has 0 aliphatic heterocycles. The Morgan fingerprint density at radius 3 is 2.39 bits per heavy atom. The summed E-state index contributed by atoms with van der Waals surface area (Å²) in [5.74, 6) is 0. The van der Waals surface area contributed by atoms with E-state index >= 15 is 0 Å². The van der Waals surface area contributed by atoms with E-state index in [0.29, 0.717) is 15.9 Å². The maximum absolute atomic E-state index is 12.6. The summed E-state index contributed by atoms with van der Waals surface area (Å²) in [7, 11) is -3.92. The fraction of sp³-hybridized carbons (Fsp3) is 0. The molecule has 4 rings (SSSR count). The molecule has 1 aromatic heterocycles. The van der Waals surface area contributed by atoms with Crippen molar-refractivity contribution in [2.24, 2.45) is 0 Å². The lowest BCUT2D eigenvalue weighted by Crippen LogP contribution is -2.13. The lowest BCUT2D eigenvalue weighted by Gasteiger charge is -2.11. The highest BCUT2D eigenvalue weighted by Crippen LogP contribution is 2.30. The van der Waals surface area contributed by atoms with E-state index in [1.807, 2.05) is 30.3 Å². The second kappa shape index (κ2) is 7.01. The summed E-state index contributed by atoms with van der Waals surface area (Å²) < 4.78 is 29.3. The van der Waals surface area contributed by atoms with Crippen LogP contribution < -0.4 is 10.3 Å². The molecule has 0 fully saturated rings. The number of rotatable bonds is 4. The van der Waals surface area contributed by atoms with Gasteiger partial charge in [-0.15, -0.1) is 0 Å². The zero-order valence-electron chi connectivity index (χ0n) is 14.2. The molecule has 6 nitrogen and oxygen atoms in total. The number of halogens is 2. The summed E-state index contributed by atoms with van der Waals surface area (Å²) in [5.41, 5.74) is 1.02. The molecule has 1 heterocycles. The summed E-state index contributed by atoms with van der Waals surface area (Å²) in [4.78, 5) is 12.4. The van der Waals surface area contributed by atoms with Gasteiger partial charge in [0.1, 0.15) is 0 Å². The number of hydrogen-bond donors (Lipinski definition) is 2. The van der Waals surface area contributed by atoms with Crippen molar-refractivity contribution in [3.05, 3.63) is 87.1 Å². The van der Waals surface area contributed by atoms with E-state index in [4.69, 9.17) is 23.2 Å². The van der Waals surface area contributed by atoms with Crippen LogP contribution in [0.3, 0.4) is 0 Å². The van der Waals surface area contributed by atoms with Crippen LogP contribution in [0.25, 0.3) is 16.6 Å². The molecule has 0 bridgehead atoms. The molecule has 9 heteroatoms. The predicted molar refractivity (Wildman–Crippen MR) is 111 cm³/mol. The average Bonchev–Trinajstić information content (AvgIpc) is 2.98. The van der Waals surface area contributed by atoms with Crippen molar-refractivity contribution >= 4 is 49.8 Å². The molecule has 0 amide bonds. The van der Waals surface area contributed by atoms with Gasteiger partial charge in [0.05, 0.1) is 32.2 Å². The van der Waals surface area contributed by atoms with Crippen molar-refractivity contribution in [3.63, 3.8) is 0 Å². The summed E-state index contributed by atoms with van der Waals surface area (Å²) in [6.45, 7) is 0. The van der Waals surface area contributed by atoms with Crippen LogP contribution in [0.2, 0.25) is 10.0 Å². The number of H-pyrrole nitrogens is 1. The number of hydrogen-bond acceptors (Lipinski definition) is 3. The molecular formula is C19H13Cl2N3O3S. The minimum absolute atomic E-state index is 0.00747. The van der Waals surface area contributed by atoms with Crippen LogP contribution in [0.15, 0.2) is 76.4 Å². The first kappa shape index (κ1) is 18.6. The van der Waals surface area contributed by atoms with Gasteiger partial charge in [0.25, 0.3) is 15.6 Å². The van der Waals surface area contributed by atoms with E-state index in [2.05, 4.69) is 9.82 Å². The standard InChI is InChI=1S/C19H13Cl2N3O3S/c20-12-5-4-8-14(9-12)28(26,27)23-17-10-15-18(11-16(17)21)24(22-19(15)25)13-6-2-1-3-7-13/h1-11,23H,(H,22,25). The minimum atomic E-state index is -3.92. The third kappa shape index (κ3) is 3.40. The fourth-order valence-electron chi connectivity index (χ4n) is 2.85. The normalized spacial score (nSPS) is 11.6. The van der Waals surface area contributed by atoms with E-state index in [-0.39, 0.29) is 21.2 Å². The molecule has 2 N–H and O–H groups in total. The third-order valence-corrected chi connectivity index (χ3v) is 6.06. The highest BCUT2D eigenvalue weighted by atomic mass is 35.5. The summed E-state index contributed by atoms with van der Waals surface area (Å²) in [6, 6.07) is 18.0. The molecule has 0 radical (unpaired) electrons. The van der Waals surface area contributed by atoms with Gasteiger partial charge < -0.3 is 0 Å². The number of aromatic nitrogens is 2.